The Balaban J connectivity index is 0.000000141. The molecule has 24 heavy (non-hydrogen) atoms. The van der Waals surface area contributed by atoms with Crippen LogP contribution in [0.5, 0.6) is 0 Å². The van der Waals surface area contributed by atoms with E-state index in [4.69, 9.17) is 0 Å². The molecule has 0 saturated heterocycles. The first-order valence-corrected chi connectivity index (χ1v) is 7.93. The van der Waals surface area contributed by atoms with Crippen LogP contribution >= 0.6 is 0 Å². The van der Waals surface area contributed by atoms with Crippen LogP contribution in [0.4, 0.5) is 0 Å². The van der Waals surface area contributed by atoms with E-state index in [0.29, 0.717) is 6.42 Å². The van der Waals surface area contributed by atoms with E-state index in [2.05, 4.69) is 0 Å². The van der Waals surface area contributed by atoms with Crippen molar-refractivity contribution in [3.8, 4) is 0 Å². The first-order chi connectivity index (χ1) is 11.6. The number of nitrogens with zero attached hydrogens (tertiary/aromatic N) is 1. The SMILES string of the molecule is Cc1cccc2c1CC(=O)C=C2.Cc1cccc2ccc[n+]([O-])c12. The molecule has 0 saturated carbocycles. The lowest BCUT2D eigenvalue weighted by molar-refractivity contribution is -0.577. The smallest absolute Gasteiger partial charge is 0.226 e. The van der Waals surface area contributed by atoms with E-state index in [1.54, 1.807) is 12.1 Å². The molecule has 2 aromatic carbocycles. The van der Waals surface area contributed by atoms with Crippen molar-refractivity contribution in [2.75, 3.05) is 0 Å². The Kier molecular flexibility index (Phi) is 4.43. The van der Waals surface area contributed by atoms with E-state index >= 15 is 0 Å². The molecule has 0 N–H and O–H groups in total. The Hall–Kier alpha value is -2.94. The Bertz CT molecular complexity index is 905. The molecule has 0 aliphatic heterocycles. The maximum absolute atomic E-state index is 11.3. The average Bonchev–Trinajstić information content (AvgIpc) is 2.57. The second-order valence-electron chi connectivity index (χ2n) is 5.97. The second-order valence-corrected chi connectivity index (χ2v) is 5.97. The van der Waals surface area contributed by atoms with Gasteiger partial charge in [-0.3, -0.25) is 4.79 Å². The zero-order chi connectivity index (χ0) is 17.1. The van der Waals surface area contributed by atoms with Gasteiger partial charge in [-0.05, 0) is 48.7 Å². The fourth-order valence-electron chi connectivity index (χ4n) is 2.96. The molecule has 1 aliphatic rings. The molecular formula is C21H19NO2. The van der Waals surface area contributed by atoms with E-state index in [1.165, 1.54) is 22.9 Å². The largest absolute Gasteiger partial charge is 0.618 e. The predicted molar refractivity (Wildman–Crippen MR) is 96.6 cm³/mol. The third-order valence-corrected chi connectivity index (χ3v) is 4.23. The summed E-state index contributed by atoms with van der Waals surface area (Å²) in [6, 6.07) is 15.7. The Labute approximate surface area is 141 Å². The van der Waals surface area contributed by atoms with Gasteiger partial charge in [-0.2, -0.15) is 4.73 Å². The van der Waals surface area contributed by atoms with Crippen molar-refractivity contribution in [2.24, 2.45) is 0 Å². The molecule has 0 bridgehead atoms. The van der Waals surface area contributed by atoms with Gasteiger partial charge in [0.2, 0.25) is 5.52 Å². The normalized spacial score (nSPS) is 12.5. The van der Waals surface area contributed by atoms with Crippen LogP contribution < -0.4 is 4.73 Å². The number of carbonyl (C=O) groups excluding carboxylic acids is 1. The molecule has 3 nitrogen and oxygen atoms in total. The lowest BCUT2D eigenvalue weighted by atomic mass is 9.93. The maximum Gasteiger partial charge on any atom is 0.226 e. The highest BCUT2D eigenvalue weighted by molar-refractivity contribution is 5.98. The van der Waals surface area contributed by atoms with Gasteiger partial charge in [-0.25, -0.2) is 0 Å². The first kappa shape index (κ1) is 15.9. The van der Waals surface area contributed by atoms with Gasteiger partial charge in [-0.15, -0.1) is 0 Å². The molecule has 0 fully saturated rings. The van der Waals surface area contributed by atoms with Gasteiger partial charge >= 0.3 is 0 Å². The van der Waals surface area contributed by atoms with Crippen molar-refractivity contribution < 1.29 is 9.52 Å². The Morgan fingerprint density at radius 2 is 1.62 bits per heavy atom. The number of pyridine rings is 1. The Morgan fingerprint density at radius 3 is 2.42 bits per heavy atom. The molecule has 0 spiro atoms. The van der Waals surface area contributed by atoms with Gasteiger partial charge < -0.3 is 5.21 Å². The summed E-state index contributed by atoms with van der Waals surface area (Å²) in [6.45, 7) is 3.99. The number of hydrogen-bond acceptors (Lipinski definition) is 2. The summed E-state index contributed by atoms with van der Waals surface area (Å²) < 4.78 is 0.907. The van der Waals surface area contributed by atoms with E-state index in [1.807, 2.05) is 62.4 Å². The number of benzene rings is 2. The molecule has 0 amide bonds. The van der Waals surface area contributed by atoms with Crippen LogP contribution in [0.3, 0.4) is 0 Å². The topological polar surface area (TPSA) is 44.0 Å². The maximum atomic E-state index is 11.3. The first-order valence-electron chi connectivity index (χ1n) is 7.93. The third kappa shape index (κ3) is 3.20. The molecule has 120 valence electrons. The summed E-state index contributed by atoms with van der Waals surface area (Å²) in [5.74, 6) is 0.205. The molecule has 3 heteroatoms. The minimum Gasteiger partial charge on any atom is -0.618 e. The van der Waals surface area contributed by atoms with Crippen molar-refractivity contribution in [2.45, 2.75) is 20.3 Å². The van der Waals surface area contributed by atoms with Gasteiger partial charge in [0.1, 0.15) is 0 Å². The van der Waals surface area contributed by atoms with E-state index in [0.717, 1.165) is 21.2 Å². The summed E-state index contributed by atoms with van der Waals surface area (Å²) >= 11 is 0. The number of aryl methyl sites for hydroxylation is 2. The van der Waals surface area contributed by atoms with Gasteiger partial charge in [-0.1, -0.05) is 36.4 Å². The fourth-order valence-corrected chi connectivity index (χ4v) is 2.96. The minimum atomic E-state index is 0.205. The van der Waals surface area contributed by atoms with E-state index in [9.17, 15) is 10.0 Å². The molecule has 0 unspecified atom stereocenters. The van der Waals surface area contributed by atoms with Crippen molar-refractivity contribution in [3.05, 3.63) is 88.3 Å². The van der Waals surface area contributed by atoms with Crippen LogP contribution in [0.1, 0.15) is 22.3 Å². The standard InChI is InChI=1S/C11H10O.C10H9NO/c1-8-3-2-4-9-5-6-10(12)7-11(8)9;1-8-4-2-5-9-6-3-7-11(12)10(8)9/h2-6H,7H2,1H3;2-7H,1H3. The zero-order valence-electron chi connectivity index (χ0n) is 13.8. The lowest BCUT2D eigenvalue weighted by Crippen LogP contribution is -2.26. The highest BCUT2D eigenvalue weighted by atomic mass is 16.5. The van der Waals surface area contributed by atoms with E-state index < -0.39 is 0 Å². The summed E-state index contributed by atoms with van der Waals surface area (Å²) in [6.07, 6.45) is 5.64. The molecule has 1 aromatic heterocycles. The molecule has 0 radical (unpaired) electrons. The van der Waals surface area contributed by atoms with Crippen LogP contribution in [0.25, 0.3) is 17.0 Å². The molecule has 1 heterocycles. The zero-order valence-corrected chi connectivity index (χ0v) is 13.8. The van der Waals surface area contributed by atoms with Crippen molar-refractivity contribution in [3.63, 3.8) is 0 Å². The molecule has 3 aromatic rings. The predicted octanol–water partition coefficient (Wildman–Crippen LogP) is 3.92. The van der Waals surface area contributed by atoms with Gasteiger partial charge in [0.05, 0.1) is 0 Å². The minimum absolute atomic E-state index is 0.205. The van der Waals surface area contributed by atoms with Crippen LogP contribution in [-0.4, -0.2) is 5.78 Å². The molecule has 4 rings (SSSR count). The number of allylic oxidation sites excluding steroid dienone is 1. The second kappa shape index (κ2) is 6.67. The lowest BCUT2D eigenvalue weighted by Gasteiger charge is -2.11. The summed E-state index contributed by atoms with van der Waals surface area (Å²) in [5, 5.41) is 12.3. The molecule has 0 atom stereocenters. The monoisotopic (exact) mass is 317 g/mol. The number of hydrogen-bond donors (Lipinski definition) is 0. The van der Waals surface area contributed by atoms with Crippen molar-refractivity contribution in [1.82, 2.24) is 0 Å². The van der Waals surface area contributed by atoms with Gasteiger partial charge in [0.25, 0.3) is 0 Å². The average molecular weight is 317 g/mol. The van der Waals surface area contributed by atoms with Crippen LogP contribution in [-0.2, 0) is 11.2 Å². The summed E-state index contributed by atoms with van der Waals surface area (Å²) in [7, 11) is 0. The van der Waals surface area contributed by atoms with Crippen LogP contribution in [0.15, 0.2) is 60.8 Å². The number of para-hydroxylation sites is 1. The third-order valence-electron chi connectivity index (χ3n) is 4.23. The summed E-state index contributed by atoms with van der Waals surface area (Å²) in [5.41, 5.74) is 5.37. The number of fused-ring (bicyclic) bond motifs is 2. The quantitative estimate of drug-likeness (QED) is 0.466. The number of ketones is 1. The summed E-state index contributed by atoms with van der Waals surface area (Å²) in [4.78, 5) is 11.1. The molecular weight excluding hydrogens is 298 g/mol. The number of aromatic nitrogens is 1. The van der Waals surface area contributed by atoms with Gasteiger partial charge in [0.15, 0.2) is 12.0 Å². The van der Waals surface area contributed by atoms with E-state index in [-0.39, 0.29) is 5.78 Å². The Morgan fingerprint density at radius 1 is 0.917 bits per heavy atom. The van der Waals surface area contributed by atoms with Crippen LogP contribution in [0, 0.1) is 19.1 Å². The number of carbonyl (C=O) groups is 1. The van der Waals surface area contributed by atoms with Crippen molar-refractivity contribution in [1.29, 1.82) is 0 Å². The highest BCUT2D eigenvalue weighted by Gasteiger charge is 2.11. The van der Waals surface area contributed by atoms with Crippen LogP contribution in [0.2, 0.25) is 0 Å². The number of rotatable bonds is 0. The van der Waals surface area contributed by atoms with Gasteiger partial charge in [0, 0.05) is 23.4 Å². The fraction of sp³-hybridized carbons (Fsp3) is 0.143. The molecule has 1 aliphatic carbocycles. The highest BCUT2D eigenvalue weighted by Crippen LogP contribution is 2.20. The van der Waals surface area contributed by atoms with Crippen molar-refractivity contribution >= 4 is 22.8 Å².